The molecule has 2 rings (SSSR count). The third kappa shape index (κ3) is 2.91. The molecule has 1 aromatic carbocycles. The summed E-state index contributed by atoms with van der Waals surface area (Å²) in [7, 11) is 0. The second-order valence-corrected chi connectivity index (χ2v) is 6.34. The molecule has 1 aliphatic heterocycles. The van der Waals surface area contributed by atoms with Gasteiger partial charge in [0.25, 0.3) is 5.91 Å². The topological polar surface area (TPSA) is 57.6 Å². The average Bonchev–Trinajstić information content (AvgIpc) is 2.38. The lowest BCUT2D eigenvalue weighted by atomic mass is 9.82. The van der Waals surface area contributed by atoms with Crippen LogP contribution >= 0.6 is 22.6 Å². The highest BCUT2D eigenvalue weighted by molar-refractivity contribution is 14.1. The second-order valence-electron chi connectivity index (χ2n) is 5.18. The van der Waals surface area contributed by atoms with Crippen LogP contribution in [0.25, 0.3) is 0 Å². The minimum absolute atomic E-state index is 0.0721. The molecule has 5 heteroatoms. The van der Waals surface area contributed by atoms with Gasteiger partial charge >= 0.3 is 5.97 Å². The molecular weight excluding hydrogens is 357 g/mol. The largest absolute Gasteiger partial charge is 0.481 e. The van der Waals surface area contributed by atoms with Gasteiger partial charge < -0.3 is 10.0 Å². The number of halogens is 1. The van der Waals surface area contributed by atoms with Gasteiger partial charge in [-0.25, -0.2) is 0 Å². The zero-order chi connectivity index (χ0) is 14.0. The molecule has 1 atom stereocenters. The van der Waals surface area contributed by atoms with Crippen LogP contribution in [0.1, 0.15) is 30.1 Å². The summed E-state index contributed by atoms with van der Waals surface area (Å²) >= 11 is 2.13. The van der Waals surface area contributed by atoms with Crippen molar-refractivity contribution in [3.8, 4) is 0 Å². The number of likely N-dealkylation sites (tertiary alicyclic amines) is 1. The number of amides is 1. The molecule has 1 saturated heterocycles. The van der Waals surface area contributed by atoms with Crippen molar-refractivity contribution in [3.05, 3.63) is 33.4 Å². The highest BCUT2D eigenvalue weighted by atomic mass is 127. The Hall–Kier alpha value is -1.11. The zero-order valence-electron chi connectivity index (χ0n) is 10.7. The van der Waals surface area contributed by atoms with Gasteiger partial charge in [0.15, 0.2) is 0 Å². The van der Waals surface area contributed by atoms with Gasteiger partial charge in [-0.15, -0.1) is 0 Å². The molecule has 1 aliphatic rings. The number of benzene rings is 1. The van der Waals surface area contributed by atoms with E-state index in [1.165, 1.54) is 0 Å². The second kappa shape index (κ2) is 5.48. The van der Waals surface area contributed by atoms with Gasteiger partial charge in [0.1, 0.15) is 0 Å². The van der Waals surface area contributed by atoms with Gasteiger partial charge in [-0.05, 0) is 54.5 Å². The fraction of sp³-hybridized carbons (Fsp3) is 0.429. The lowest BCUT2D eigenvalue weighted by Gasteiger charge is -2.37. The Balaban J connectivity index is 2.21. The van der Waals surface area contributed by atoms with E-state index in [9.17, 15) is 14.7 Å². The van der Waals surface area contributed by atoms with Gasteiger partial charge in [-0.2, -0.15) is 0 Å². The number of rotatable bonds is 2. The van der Waals surface area contributed by atoms with E-state index in [-0.39, 0.29) is 12.5 Å². The first kappa shape index (κ1) is 14.3. The monoisotopic (exact) mass is 373 g/mol. The number of carboxylic acid groups (broad SMARTS) is 1. The summed E-state index contributed by atoms with van der Waals surface area (Å²) in [5, 5.41) is 9.28. The Morgan fingerprint density at radius 1 is 1.37 bits per heavy atom. The maximum atomic E-state index is 12.5. The van der Waals surface area contributed by atoms with Crippen LogP contribution in [0.3, 0.4) is 0 Å². The molecule has 0 aliphatic carbocycles. The number of carboxylic acids is 1. The fourth-order valence-electron chi connectivity index (χ4n) is 2.39. The van der Waals surface area contributed by atoms with Crippen LogP contribution in [0.2, 0.25) is 0 Å². The number of hydrogen-bond acceptors (Lipinski definition) is 2. The van der Waals surface area contributed by atoms with Crippen LogP contribution < -0.4 is 0 Å². The number of aliphatic carboxylic acids is 1. The van der Waals surface area contributed by atoms with Crippen LogP contribution in [0, 0.1) is 8.99 Å². The summed E-state index contributed by atoms with van der Waals surface area (Å²) in [6.07, 6.45) is 1.36. The third-order valence-corrected chi connectivity index (χ3v) is 4.54. The van der Waals surface area contributed by atoms with E-state index in [1.54, 1.807) is 17.9 Å². The Bertz CT molecular complexity index is 517. The van der Waals surface area contributed by atoms with E-state index in [2.05, 4.69) is 22.6 Å². The number of carbonyl (C=O) groups excluding carboxylic acids is 1. The quantitative estimate of drug-likeness (QED) is 0.811. The molecule has 0 aromatic heterocycles. The van der Waals surface area contributed by atoms with E-state index < -0.39 is 11.4 Å². The molecule has 0 bridgehead atoms. The van der Waals surface area contributed by atoms with Crippen LogP contribution in [0.4, 0.5) is 0 Å². The van der Waals surface area contributed by atoms with Crippen molar-refractivity contribution in [2.45, 2.75) is 19.8 Å². The molecule has 0 saturated carbocycles. The van der Waals surface area contributed by atoms with Gasteiger partial charge in [0, 0.05) is 16.7 Å². The number of piperidine rings is 1. The SMILES string of the molecule is CC1(C(=O)O)CCCN(C(=O)c2ccccc2I)C1. The predicted octanol–water partition coefficient (Wildman–Crippen LogP) is 2.62. The third-order valence-electron chi connectivity index (χ3n) is 3.60. The Kier molecular flexibility index (Phi) is 4.13. The van der Waals surface area contributed by atoms with Gasteiger partial charge in [-0.1, -0.05) is 12.1 Å². The van der Waals surface area contributed by atoms with Crippen molar-refractivity contribution < 1.29 is 14.7 Å². The molecule has 1 unspecified atom stereocenters. The highest BCUT2D eigenvalue weighted by Crippen LogP contribution is 2.30. The van der Waals surface area contributed by atoms with E-state index in [4.69, 9.17) is 0 Å². The molecule has 0 radical (unpaired) electrons. The maximum absolute atomic E-state index is 12.5. The van der Waals surface area contributed by atoms with Crippen LogP contribution in [0.5, 0.6) is 0 Å². The number of nitrogens with zero attached hydrogens (tertiary/aromatic N) is 1. The number of carbonyl (C=O) groups is 2. The van der Waals surface area contributed by atoms with E-state index in [0.29, 0.717) is 18.5 Å². The van der Waals surface area contributed by atoms with Crippen molar-refractivity contribution in [2.75, 3.05) is 13.1 Å². The predicted molar refractivity (Wildman–Crippen MR) is 80.0 cm³/mol. The first-order chi connectivity index (χ1) is 8.94. The molecule has 1 heterocycles. The first-order valence-corrected chi connectivity index (χ1v) is 7.29. The van der Waals surface area contributed by atoms with Gasteiger partial charge in [0.05, 0.1) is 11.0 Å². The summed E-state index contributed by atoms with van der Waals surface area (Å²) in [6.45, 7) is 2.63. The van der Waals surface area contributed by atoms with Crippen LogP contribution in [-0.4, -0.2) is 35.0 Å². The Morgan fingerprint density at radius 3 is 2.68 bits per heavy atom. The van der Waals surface area contributed by atoms with Crippen molar-refractivity contribution in [2.24, 2.45) is 5.41 Å². The molecule has 4 nitrogen and oxygen atoms in total. The molecule has 1 amide bonds. The summed E-state index contributed by atoms with van der Waals surface area (Å²) in [5.74, 6) is -0.898. The minimum Gasteiger partial charge on any atom is -0.481 e. The average molecular weight is 373 g/mol. The lowest BCUT2D eigenvalue weighted by Crippen LogP contribution is -2.48. The van der Waals surface area contributed by atoms with E-state index in [0.717, 1.165) is 9.99 Å². The Labute approximate surface area is 125 Å². The standard InChI is InChI=1S/C14H16INO3/c1-14(13(18)19)7-4-8-16(9-14)12(17)10-5-2-3-6-11(10)15/h2-3,5-6H,4,7-9H2,1H3,(H,18,19). The summed E-state index contributed by atoms with van der Waals surface area (Å²) in [6, 6.07) is 7.39. The van der Waals surface area contributed by atoms with Crippen molar-refractivity contribution in [1.29, 1.82) is 0 Å². The van der Waals surface area contributed by atoms with Crippen LogP contribution in [0.15, 0.2) is 24.3 Å². The maximum Gasteiger partial charge on any atom is 0.311 e. The van der Waals surface area contributed by atoms with E-state index >= 15 is 0 Å². The molecule has 1 aromatic rings. The molecule has 0 spiro atoms. The highest BCUT2D eigenvalue weighted by Gasteiger charge is 2.39. The summed E-state index contributed by atoms with van der Waals surface area (Å²) in [4.78, 5) is 25.4. The smallest absolute Gasteiger partial charge is 0.311 e. The molecule has 1 N–H and O–H groups in total. The van der Waals surface area contributed by atoms with Crippen molar-refractivity contribution in [1.82, 2.24) is 4.90 Å². The normalized spacial score (nSPS) is 23.2. The Morgan fingerprint density at radius 2 is 2.05 bits per heavy atom. The van der Waals surface area contributed by atoms with Crippen molar-refractivity contribution in [3.63, 3.8) is 0 Å². The van der Waals surface area contributed by atoms with Gasteiger partial charge in [0.2, 0.25) is 0 Å². The van der Waals surface area contributed by atoms with E-state index in [1.807, 2.05) is 18.2 Å². The summed E-state index contributed by atoms with van der Waals surface area (Å²) in [5.41, 5.74) is -0.175. The molecular formula is C14H16INO3. The summed E-state index contributed by atoms with van der Waals surface area (Å²) < 4.78 is 0.896. The molecule has 19 heavy (non-hydrogen) atoms. The van der Waals surface area contributed by atoms with Crippen molar-refractivity contribution >= 4 is 34.5 Å². The minimum atomic E-state index is -0.826. The lowest BCUT2D eigenvalue weighted by molar-refractivity contribution is -0.150. The zero-order valence-corrected chi connectivity index (χ0v) is 12.9. The number of hydrogen-bond donors (Lipinski definition) is 1. The van der Waals surface area contributed by atoms with Crippen LogP contribution in [-0.2, 0) is 4.79 Å². The fourth-order valence-corrected chi connectivity index (χ4v) is 3.01. The van der Waals surface area contributed by atoms with Gasteiger partial charge in [-0.3, -0.25) is 9.59 Å². The molecule has 1 fully saturated rings. The molecule has 102 valence electrons. The first-order valence-electron chi connectivity index (χ1n) is 6.21.